The van der Waals surface area contributed by atoms with Gasteiger partial charge in [0.25, 0.3) is 0 Å². The van der Waals surface area contributed by atoms with Crippen LogP contribution in [0, 0.1) is 0 Å². The number of carbonyl (C=O) groups excluding carboxylic acids is 1. The molecule has 0 bridgehead atoms. The van der Waals surface area contributed by atoms with E-state index in [0.29, 0.717) is 19.0 Å². The highest BCUT2D eigenvalue weighted by atomic mass is 16.5. The average molecular weight is 383 g/mol. The molecular formula is C21H29N5O2. The maximum Gasteiger partial charge on any atom is 0.241 e. The molecule has 0 fully saturated rings. The van der Waals surface area contributed by atoms with Gasteiger partial charge in [0.15, 0.2) is 5.96 Å². The molecule has 1 aromatic carbocycles. The predicted octanol–water partition coefficient (Wildman–Crippen LogP) is 1.85. The SMILES string of the molecule is CCNC(=NCc1ccc(OC)cc1)NCC(=O)N(C)CCc1ccccn1. The Hall–Kier alpha value is -3.09. The summed E-state index contributed by atoms with van der Waals surface area (Å²) >= 11 is 0. The van der Waals surface area contributed by atoms with Crippen molar-refractivity contribution in [2.24, 2.45) is 4.99 Å². The average Bonchev–Trinajstić information content (AvgIpc) is 2.74. The molecule has 0 saturated heterocycles. The predicted molar refractivity (Wildman–Crippen MR) is 111 cm³/mol. The number of rotatable bonds is 9. The summed E-state index contributed by atoms with van der Waals surface area (Å²) in [6.07, 6.45) is 2.50. The fraction of sp³-hybridized carbons (Fsp3) is 0.381. The van der Waals surface area contributed by atoms with E-state index in [2.05, 4.69) is 20.6 Å². The molecule has 0 aliphatic carbocycles. The minimum absolute atomic E-state index is 0.00554. The van der Waals surface area contributed by atoms with Crippen LogP contribution in [0.4, 0.5) is 0 Å². The molecule has 2 aromatic rings. The summed E-state index contributed by atoms with van der Waals surface area (Å²) in [6, 6.07) is 13.6. The number of hydrogen-bond donors (Lipinski definition) is 2. The lowest BCUT2D eigenvalue weighted by Crippen LogP contribution is -2.44. The molecule has 0 spiro atoms. The normalized spacial score (nSPS) is 11.0. The second kappa shape index (κ2) is 11.6. The number of carbonyl (C=O) groups is 1. The van der Waals surface area contributed by atoms with E-state index in [1.54, 1.807) is 25.3 Å². The summed E-state index contributed by atoms with van der Waals surface area (Å²) in [7, 11) is 3.44. The molecule has 7 nitrogen and oxygen atoms in total. The molecule has 1 heterocycles. The Morgan fingerprint density at radius 1 is 1.18 bits per heavy atom. The van der Waals surface area contributed by atoms with Gasteiger partial charge in [-0.15, -0.1) is 0 Å². The van der Waals surface area contributed by atoms with Crippen LogP contribution >= 0.6 is 0 Å². The van der Waals surface area contributed by atoms with Gasteiger partial charge in [-0.1, -0.05) is 18.2 Å². The van der Waals surface area contributed by atoms with E-state index in [1.165, 1.54) is 0 Å². The highest BCUT2D eigenvalue weighted by Gasteiger charge is 2.10. The number of amides is 1. The van der Waals surface area contributed by atoms with Crippen LogP contribution in [-0.4, -0.2) is 55.5 Å². The lowest BCUT2D eigenvalue weighted by molar-refractivity contribution is -0.128. The number of pyridine rings is 1. The van der Waals surface area contributed by atoms with Crippen LogP contribution in [0.15, 0.2) is 53.7 Å². The Balaban J connectivity index is 1.82. The van der Waals surface area contributed by atoms with E-state index < -0.39 is 0 Å². The van der Waals surface area contributed by atoms with Crippen molar-refractivity contribution >= 4 is 11.9 Å². The smallest absolute Gasteiger partial charge is 0.241 e. The van der Waals surface area contributed by atoms with E-state index in [0.717, 1.165) is 30.0 Å². The lowest BCUT2D eigenvalue weighted by atomic mass is 10.2. The number of nitrogens with zero attached hydrogens (tertiary/aromatic N) is 3. The van der Waals surface area contributed by atoms with Gasteiger partial charge in [0.2, 0.25) is 5.91 Å². The zero-order valence-electron chi connectivity index (χ0n) is 16.8. The topological polar surface area (TPSA) is 78.9 Å². The maximum absolute atomic E-state index is 12.4. The minimum atomic E-state index is 0.00554. The molecule has 0 atom stereocenters. The number of benzene rings is 1. The molecule has 0 radical (unpaired) electrons. The second-order valence-corrected chi connectivity index (χ2v) is 6.28. The highest BCUT2D eigenvalue weighted by Crippen LogP contribution is 2.11. The first-order valence-corrected chi connectivity index (χ1v) is 9.41. The third-order valence-electron chi connectivity index (χ3n) is 4.19. The van der Waals surface area contributed by atoms with Crippen molar-refractivity contribution in [3.05, 3.63) is 59.9 Å². The van der Waals surface area contributed by atoms with Crippen LogP contribution in [-0.2, 0) is 17.8 Å². The lowest BCUT2D eigenvalue weighted by Gasteiger charge is -2.18. The van der Waals surface area contributed by atoms with Gasteiger partial charge in [-0.05, 0) is 36.8 Å². The van der Waals surface area contributed by atoms with Gasteiger partial charge in [0.1, 0.15) is 5.75 Å². The fourth-order valence-corrected chi connectivity index (χ4v) is 2.49. The van der Waals surface area contributed by atoms with Crippen molar-refractivity contribution in [1.29, 1.82) is 0 Å². The van der Waals surface area contributed by atoms with E-state index in [-0.39, 0.29) is 12.5 Å². The Morgan fingerprint density at radius 2 is 1.96 bits per heavy atom. The largest absolute Gasteiger partial charge is 0.497 e. The summed E-state index contributed by atoms with van der Waals surface area (Å²) in [5, 5.41) is 6.26. The first-order valence-electron chi connectivity index (χ1n) is 9.41. The summed E-state index contributed by atoms with van der Waals surface area (Å²) in [5.74, 6) is 1.44. The van der Waals surface area contributed by atoms with Crippen molar-refractivity contribution in [2.75, 3.05) is 33.8 Å². The number of hydrogen-bond acceptors (Lipinski definition) is 4. The molecular weight excluding hydrogens is 354 g/mol. The molecule has 150 valence electrons. The van der Waals surface area contributed by atoms with Crippen LogP contribution < -0.4 is 15.4 Å². The second-order valence-electron chi connectivity index (χ2n) is 6.28. The standard InChI is InChI=1S/C21H29N5O2/c1-4-22-21(24-15-17-8-10-19(28-3)11-9-17)25-16-20(27)26(2)14-12-18-7-5-6-13-23-18/h5-11,13H,4,12,14-16H2,1-3H3,(H2,22,24,25). The van der Waals surface area contributed by atoms with E-state index in [4.69, 9.17) is 4.74 Å². The summed E-state index contributed by atoms with van der Waals surface area (Å²) in [5.41, 5.74) is 2.04. The van der Waals surface area contributed by atoms with Gasteiger partial charge < -0.3 is 20.3 Å². The molecule has 2 N–H and O–H groups in total. The molecule has 0 aliphatic rings. The number of ether oxygens (including phenoxy) is 1. The molecule has 0 saturated carbocycles. The van der Waals surface area contributed by atoms with Crippen LogP contribution in [0.25, 0.3) is 0 Å². The van der Waals surface area contributed by atoms with E-state index in [1.807, 2.05) is 49.4 Å². The van der Waals surface area contributed by atoms with Crippen LogP contribution in [0.2, 0.25) is 0 Å². The van der Waals surface area contributed by atoms with Gasteiger partial charge in [-0.3, -0.25) is 9.78 Å². The van der Waals surface area contributed by atoms with Gasteiger partial charge >= 0.3 is 0 Å². The van der Waals surface area contributed by atoms with Crippen molar-refractivity contribution in [3.8, 4) is 5.75 Å². The van der Waals surface area contributed by atoms with Gasteiger partial charge in [0, 0.05) is 38.4 Å². The van der Waals surface area contributed by atoms with Crippen LogP contribution in [0.3, 0.4) is 0 Å². The van der Waals surface area contributed by atoms with Gasteiger partial charge in [0.05, 0.1) is 20.2 Å². The van der Waals surface area contributed by atoms with Crippen LogP contribution in [0.1, 0.15) is 18.2 Å². The zero-order chi connectivity index (χ0) is 20.2. The quantitative estimate of drug-likeness (QED) is 0.510. The molecule has 28 heavy (non-hydrogen) atoms. The Morgan fingerprint density at radius 3 is 2.61 bits per heavy atom. The summed E-state index contributed by atoms with van der Waals surface area (Å²) in [6.45, 7) is 4.04. The van der Waals surface area contributed by atoms with E-state index >= 15 is 0 Å². The molecule has 0 unspecified atom stereocenters. The fourth-order valence-electron chi connectivity index (χ4n) is 2.49. The van der Waals surface area contributed by atoms with Gasteiger partial charge in [-0.25, -0.2) is 4.99 Å². The van der Waals surface area contributed by atoms with Crippen molar-refractivity contribution < 1.29 is 9.53 Å². The Bertz CT molecular complexity index is 747. The summed E-state index contributed by atoms with van der Waals surface area (Å²) in [4.78, 5) is 22.9. The maximum atomic E-state index is 12.4. The number of aliphatic imine (C=N–C) groups is 1. The van der Waals surface area contributed by atoms with Crippen molar-refractivity contribution in [1.82, 2.24) is 20.5 Å². The first-order chi connectivity index (χ1) is 13.6. The monoisotopic (exact) mass is 383 g/mol. The summed E-state index contributed by atoms with van der Waals surface area (Å²) < 4.78 is 5.16. The number of nitrogens with one attached hydrogen (secondary N) is 2. The zero-order valence-corrected chi connectivity index (χ0v) is 16.8. The number of methoxy groups -OCH3 is 1. The van der Waals surface area contributed by atoms with Gasteiger partial charge in [-0.2, -0.15) is 0 Å². The Kier molecular flexibility index (Phi) is 8.78. The van der Waals surface area contributed by atoms with Crippen molar-refractivity contribution in [3.63, 3.8) is 0 Å². The molecule has 0 aliphatic heterocycles. The minimum Gasteiger partial charge on any atom is -0.497 e. The molecule has 1 amide bonds. The third kappa shape index (κ3) is 7.26. The molecule has 7 heteroatoms. The Labute approximate surface area is 166 Å². The van der Waals surface area contributed by atoms with Crippen LogP contribution in [0.5, 0.6) is 5.75 Å². The molecule has 2 rings (SSSR count). The third-order valence-corrected chi connectivity index (χ3v) is 4.19. The highest BCUT2D eigenvalue weighted by molar-refractivity contribution is 5.86. The first kappa shape index (κ1) is 21.2. The van der Waals surface area contributed by atoms with E-state index in [9.17, 15) is 4.79 Å². The van der Waals surface area contributed by atoms with Crippen molar-refractivity contribution in [2.45, 2.75) is 19.9 Å². The number of likely N-dealkylation sites (N-methyl/N-ethyl adjacent to an activating group) is 1. The number of aromatic nitrogens is 1. The number of guanidine groups is 1. The molecule has 1 aromatic heterocycles.